The molecule has 2 N–H and O–H groups in total. The molecule has 0 bridgehead atoms. The number of aryl methyl sites for hydroxylation is 2. The zero-order chi connectivity index (χ0) is 12.4. The molecule has 0 aliphatic heterocycles. The first-order chi connectivity index (χ1) is 8.84. The maximum Gasteiger partial charge on any atom is 0.201 e. The molecule has 2 heterocycles. The summed E-state index contributed by atoms with van der Waals surface area (Å²) in [4.78, 5) is 8.46. The Balaban J connectivity index is 1.89. The number of nitrogens with two attached hydrogens (primary N) is 1. The molecule has 0 saturated heterocycles. The second-order valence-corrected chi connectivity index (χ2v) is 4.22. The third-order valence-corrected chi connectivity index (χ3v) is 3.03. The van der Waals surface area contributed by atoms with Gasteiger partial charge in [-0.1, -0.05) is 18.2 Å². The highest BCUT2D eigenvalue weighted by atomic mass is 15.1. The summed E-state index contributed by atoms with van der Waals surface area (Å²) >= 11 is 0. The third-order valence-electron chi connectivity index (χ3n) is 3.03. The van der Waals surface area contributed by atoms with Crippen LogP contribution in [0.25, 0.3) is 11.0 Å². The summed E-state index contributed by atoms with van der Waals surface area (Å²) in [5, 5.41) is 0. The van der Waals surface area contributed by atoms with Gasteiger partial charge in [-0.05, 0) is 30.2 Å². The van der Waals surface area contributed by atoms with E-state index in [1.54, 1.807) is 6.20 Å². The minimum Gasteiger partial charge on any atom is -0.369 e. The molecule has 0 saturated carbocycles. The van der Waals surface area contributed by atoms with Crippen LogP contribution in [0.15, 0.2) is 48.8 Å². The highest BCUT2D eigenvalue weighted by Crippen LogP contribution is 2.17. The van der Waals surface area contributed by atoms with Gasteiger partial charge in [0.2, 0.25) is 5.95 Å². The Kier molecular flexibility index (Phi) is 2.68. The van der Waals surface area contributed by atoms with Gasteiger partial charge >= 0.3 is 0 Å². The van der Waals surface area contributed by atoms with E-state index in [1.165, 1.54) is 5.56 Å². The quantitative estimate of drug-likeness (QED) is 0.761. The molecule has 0 radical (unpaired) electrons. The molecule has 0 aliphatic carbocycles. The van der Waals surface area contributed by atoms with Crippen LogP contribution >= 0.6 is 0 Å². The Labute approximate surface area is 105 Å². The molecular formula is C14H14N4. The normalized spacial score (nSPS) is 10.9. The summed E-state index contributed by atoms with van der Waals surface area (Å²) in [6.45, 7) is 0.818. The molecule has 2 aromatic heterocycles. The predicted molar refractivity (Wildman–Crippen MR) is 72.1 cm³/mol. The molecule has 90 valence electrons. The Morgan fingerprint density at radius 3 is 2.83 bits per heavy atom. The van der Waals surface area contributed by atoms with Crippen molar-refractivity contribution in [3.63, 3.8) is 0 Å². The van der Waals surface area contributed by atoms with Crippen LogP contribution in [0.5, 0.6) is 0 Å². The van der Waals surface area contributed by atoms with E-state index >= 15 is 0 Å². The van der Waals surface area contributed by atoms with Crippen LogP contribution in [0.3, 0.4) is 0 Å². The van der Waals surface area contributed by atoms with Crippen LogP contribution in [0.4, 0.5) is 5.95 Å². The molecule has 0 aliphatic rings. The van der Waals surface area contributed by atoms with Crippen molar-refractivity contribution in [2.24, 2.45) is 0 Å². The van der Waals surface area contributed by atoms with Gasteiger partial charge in [0, 0.05) is 18.9 Å². The smallest absolute Gasteiger partial charge is 0.201 e. The van der Waals surface area contributed by atoms with Crippen LogP contribution in [0.1, 0.15) is 5.56 Å². The van der Waals surface area contributed by atoms with E-state index in [4.69, 9.17) is 5.73 Å². The number of hydrogen-bond donors (Lipinski definition) is 1. The minimum absolute atomic E-state index is 0.570. The van der Waals surface area contributed by atoms with Gasteiger partial charge in [0.25, 0.3) is 0 Å². The Morgan fingerprint density at radius 2 is 2.00 bits per heavy atom. The topological polar surface area (TPSA) is 56.7 Å². The summed E-state index contributed by atoms with van der Waals surface area (Å²) in [5.41, 5.74) is 9.18. The molecule has 4 nitrogen and oxygen atoms in total. The highest BCUT2D eigenvalue weighted by Gasteiger charge is 2.06. The molecule has 0 spiro atoms. The van der Waals surface area contributed by atoms with E-state index in [1.807, 2.05) is 41.1 Å². The lowest BCUT2D eigenvalue weighted by molar-refractivity contribution is 0.724. The lowest BCUT2D eigenvalue weighted by Gasteiger charge is -2.06. The van der Waals surface area contributed by atoms with Gasteiger partial charge in [-0.3, -0.25) is 4.98 Å². The van der Waals surface area contributed by atoms with E-state index in [9.17, 15) is 0 Å². The molecule has 3 aromatic rings. The first-order valence-electron chi connectivity index (χ1n) is 5.94. The Hall–Kier alpha value is -2.36. The van der Waals surface area contributed by atoms with E-state index in [0.29, 0.717) is 5.95 Å². The second kappa shape index (κ2) is 4.49. The minimum atomic E-state index is 0.570. The molecule has 0 atom stereocenters. The molecular weight excluding hydrogens is 224 g/mol. The van der Waals surface area contributed by atoms with Crippen molar-refractivity contribution in [1.82, 2.24) is 14.5 Å². The van der Waals surface area contributed by atoms with Crippen molar-refractivity contribution in [2.45, 2.75) is 13.0 Å². The fraction of sp³-hybridized carbons (Fsp3) is 0.143. The van der Waals surface area contributed by atoms with Gasteiger partial charge in [-0.15, -0.1) is 0 Å². The third kappa shape index (κ3) is 1.93. The number of aromatic nitrogens is 3. The standard InChI is InChI=1S/C14H14N4/c15-14-17-12-5-1-2-6-13(12)18(14)9-7-11-4-3-8-16-10-11/h1-6,8,10H,7,9H2,(H2,15,17). The summed E-state index contributed by atoms with van der Waals surface area (Å²) in [7, 11) is 0. The first-order valence-corrected chi connectivity index (χ1v) is 5.94. The molecule has 3 rings (SSSR count). The zero-order valence-corrected chi connectivity index (χ0v) is 9.95. The highest BCUT2D eigenvalue weighted by molar-refractivity contribution is 5.78. The number of nitrogen functional groups attached to an aromatic ring is 1. The lowest BCUT2D eigenvalue weighted by Crippen LogP contribution is -2.05. The van der Waals surface area contributed by atoms with Gasteiger partial charge in [-0.2, -0.15) is 0 Å². The maximum absolute atomic E-state index is 5.95. The number of rotatable bonds is 3. The summed E-state index contributed by atoms with van der Waals surface area (Å²) in [6, 6.07) is 12.0. The molecule has 1 aromatic carbocycles. The molecule has 0 unspecified atom stereocenters. The number of para-hydroxylation sites is 2. The SMILES string of the molecule is Nc1nc2ccccc2n1CCc1cccnc1. The number of hydrogen-bond acceptors (Lipinski definition) is 3. The van der Waals surface area contributed by atoms with Crippen LogP contribution < -0.4 is 5.73 Å². The number of pyridine rings is 1. The van der Waals surface area contributed by atoms with Gasteiger partial charge in [0.05, 0.1) is 11.0 Å². The molecule has 4 heteroatoms. The fourth-order valence-corrected chi connectivity index (χ4v) is 2.12. The van der Waals surface area contributed by atoms with Gasteiger partial charge in [0.15, 0.2) is 0 Å². The van der Waals surface area contributed by atoms with Crippen molar-refractivity contribution >= 4 is 17.0 Å². The van der Waals surface area contributed by atoms with Crippen LogP contribution in [-0.4, -0.2) is 14.5 Å². The Morgan fingerprint density at radius 1 is 1.11 bits per heavy atom. The summed E-state index contributed by atoms with van der Waals surface area (Å²) < 4.78 is 2.04. The summed E-state index contributed by atoms with van der Waals surface area (Å²) in [5.74, 6) is 0.570. The average molecular weight is 238 g/mol. The van der Waals surface area contributed by atoms with Crippen LogP contribution in [0, 0.1) is 0 Å². The second-order valence-electron chi connectivity index (χ2n) is 4.22. The number of benzene rings is 1. The van der Waals surface area contributed by atoms with E-state index in [2.05, 4.69) is 16.0 Å². The van der Waals surface area contributed by atoms with E-state index in [-0.39, 0.29) is 0 Å². The van der Waals surface area contributed by atoms with Crippen LogP contribution in [0.2, 0.25) is 0 Å². The Bertz CT molecular complexity index is 658. The molecule has 18 heavy (non-hydrogen) atoms. The number of nitrogens with zero attached hydrogens (tertiary/aromatic N) is 3. The predicted octanol–water partition coefficient (Wildman–Crippen LogP) is 2.26. The monoisotopic (exact) mass is 238 g/mol. The lowest BCUT2D eigenvalue weighted by atomic mass is 10.2. The van der Waals surface area contributed by atoms with Gasteiger partial charge in [-0.25, -0.2) is 4.98 Å². The van der Waals surface area contributed by atoms with Crippen molar-refractivity contribution in [1.29, 1.82) is 0 Å². The average Bonchev–Trinajstić information content (AvgIpc) is 2.73. The number of imidazole rings is 1. The largest absolute Gasteiger partial charge is 0.369 e. The summed E-state index contributed by atoms with van der Waals surface area (Å²) in [6.07, 6.45) is 4.57. The van der Waals surface area contributed by atoms with Crippen molar-refractivity contribution in [2.75, 3.05) is 5.73 Å². The maximum atomic E-state index is 5.95. The van der Waals surface area contributed by atoms with E-state index < -0.39 is 0 Å². The van der Waals surface area contributed by atoms with Gasteiger partial charge < -0.3 is 10.3 Å². The van der Waals surface area contributed by atoms with Gasteiger partial charge in [0.1, 0.15) is 0 Å². The molecule has 0 fully saturated rings. The fourth-order valence-electron chi connectivity index (χ4n) is 2.12. The van der Waals surface area contributed by atoms with E-state index in [0.717, 1.165) is 24.0 Å². The number of anilines is 1. The zero-order valence-electron chi connectivity index (χ0n) is 9.95. The first kappa shape index (κ1) is 10.8. The number of fused-ring (bicyclic) bond motifs is 1. The van der Waals surface area contributed by atoms with Crippen molar-refractivity contribution in [3.05, 3.63) is 54.4 Å². The van der Waals surface area contributed by atoms with Crippen molar-refractivity contribution < 1.29 is 0 Å². The van der Waals surface area contributed by atoms with Crippen LogP contribution in [-0.2, 0) is 13.0 Å². The molecule has 0 amide bonds. The van der Waals surface area contributed by atoms with Crippen molar-refractivity contribution in [3.8, 4) is 0 Å².